The van der Waals surface area contributed by atoms with Crippen LogP contribution in [0.4, 0.5) is 5.69 Å². The smallest absolute Gasteiger partial charge is 0.274 e. The second kappa shape index (κ2) is 4.96. The fraction of sp³-hybridized carbons (Fsp3) is 0.357. The van der Waals surface area contributed by atoms with Crippen LogP contribution in [-0.4, -0.2) is 30.2 Å². The molecule has 6 nitrogen and oxygen atoms in total. The lowest BCUT2D eigenvalue weighted by Gasteiger charge is -2.35. The van der Waals surface area contributed by atoms with Gasteiger partial charge in [-0.1, -0.05) is 12.1 Å². The van der Waals surface area contributed by atoms with Crippen molar-refractivity contribution in [3.8, 4) is 5.75 Å². The molecule has 1 aromatic carbocycles. The lowest BCUT2D eigenvalue weighted by Crippen LogP contribution is -2.49. The van der Waals surface area contributed by atoms with Crippen LogP contribution in [0.3, 0.4) is 0 Å². The topological polar surface area (TPSA) is 71.0 Å². The first-order chi connectivity index (χ1) is 9.66. The van der Waals surface area contributed by atoms with Gasteiger partial charge >= 0.3 is 0 Å². The number of amides is 2. The van der Waals surface area contributed by atoms with Crippen LogP contribution in [0.5, 0.6) is 5.75 Å². The first kappa shape index (κ1) is 12.7. The Bertz CT molecular complexity index is 597. The lowest BCUT2D eigenvalue weighted by molar-refractivity contribution is -0.121. The number of hydrogen-bond donors (Lipinski definition) is 1. The highest BCUT2D eigenvalue weighted by atomic mass is 16.5. The SMILES string of the molecule is CC1COc2ccccc2N1C(=O)C1=NNC(=O)CC1. The van der Waals surface area contributed by atoms with E-state index in [1.807, 2.05) is 31.2 Å². The second-order valence-corrected chi connectivity index (χ2v) is 4.90. The minimum atomic E-state index is -0.173. The van der Waals surface area contributed by atoms with Crippen molar-refractivity contribution >= 4 is 23.2 Å². The lowest BCUT2D eigenvalue weighted by atomic mass is 10.1. The molecule has 0 radical (unpaired) electrons. The summed E-state index contributed by atoms with van der Waals surface area (Å²) in [5.41, 5.74) is 3.49. The Morgan fingerprint density at radius 2 is 2.20 bits per heavy atom. The molecule has 1 aromatic rings. The highest BCUT2D eigenvalue weighted by molar-refractivity contribution is 6.44. The molecule has 3 rings (SSSR count). The van der Waals surface area contributed by atoms with Crippen molar-refractivity contribution in [1.82, 2.24) is 5.43 Å². The number of ether oxygens (including phenoxy) is 1. The zero-order chi connectivity index (χ0) is 14.1. The van der Waals surface area contributed by atoms with Gasteiger partial charge in [-0.3, -0.25) is 14.5 Å². The van der Waals surface area contributed by atoms with E-state index in [1.165, 1.54) is 0 Å². The van der Waals surface area contributed by atoms with E-state index in [9.17, 15) is 9.59 Å². The van der Waals surface area contributed by atoms with Gasteiger partial charge in [0.25, 0.3) is 5.91 Å². The van der Waals surface area contributed by atoms with Crippen LogP contribution in [0, 0.1) is 0 Å². The van der Waals surface area contributed by atoms with Crippen LogP contribution in [0.15, 0.2) is 29.4 Å². The summed E-state index contributed by atoms with van der Waals surface area (Å²) >= 11 is 0. The summed E-state index contributed by atoms with van der Waals surface area (Å²) < 4.78 is 5.62. The van der Waals surface area contributed by atoms with E-state index in [0.29, 0.717) is 30.9 Å². The normalized spacial score (nSPS) is 21.4. The van der Waals surface area contributed by atoms with Gasteiger partial charge in [0, 0.05) is 12.8 Å². The van der Waals surface area contributed by atoms with Crippen LogP contribution < -0.4 is 15.1 Å². The van der Waals surface area contributed by atoms with Gasteiger partial charge in [0.1, 0.15) is 18.1 Å². The van der Waals surface area contributed by atoms with E-state index >= 15 is 0 Å². The fourth-order valence-corrected chi connectivity index (χ4v) is 2.38. The first-order valence-electron chi connectivity index (χ1n) is 6.57. The summed E-state index contributed by atoms with van der Waals surface area (Å²) in [5.74, 6) is 0.365. The molecule has 1 atom stereocenters. The van der Waals surface area contributed by atoms with Crippen LogP contribution >= 0.6 is 0 Å². The van der Waals surface area contributed by atoms with Crippen molar-refractivity contribution in [3.63, 3.8) is 0 Å². The summed E-state index contributed by atoms with van der Waals surface area (Å²) in [7, 11) is 0. The van der Waals surface area contributed by atoms with E-state index in [-0.39, 0.29) is 17.9 Å². The van der Waals surface area contributed by atoms with Gasteiger partial charge in [0.15, 0.2) is 0 Å². The number of hydrazone groups is 1. The maximum absolute atomic E-state index is 12.6. The molecule has 1 N–H and O–H groups in total. The Balaban J connectivity index is 1.93. The van der Waals surface area contributed by atoms with Crippen molar-refractivity contribution in [3.05, 3.63) is 24.3 Å². The van der Waals surface area contributed by atoms with Gasteiger partial charge < -0.3 is 4.74 Å². The molecular weight excluding hydrogens is 258 g/mol. The number of para-hydroxylation sites is 2. The predicted molar refractivity (Wildman–Crippen MR) is 73.7 cm³/mol. The van der Waals surface area contributed by atoms with E-state index in [4.69, 9.17) is 4.74 Å². The summed E-state index contributed by atoms with van der Waals surface area (Å²) in [6.07, 6.45) is 0.669. The summed E-state index contributed by atoms with van der Waals surface area (Å²) in [5, 5.41) is 3.88. The molecule has 0 saturated heterocycles. The van der Waals surface area contributed by atoms with Gasteiger partial charge in [-0.05, 0) is 19.1 Å². The number of anilines is 1. The zero-order valence-corrected chi connectivity index (χ0v) is 11.1. The maximum Gasteiger partial charge on any atom is 0.274 e. The average Bonchev–Trinajstić information content (AvgIpc) is 2.47. The number of carbonyl (C=O) groups is 2. The molecule has 104 valence electrons. The fourth-order valence-electron chi connectivity index (χ4n) is 2.38. The molecule has 1 unspecified atom stereocenters. The molecule has 2 aliphatic rings. The molecule has 0 spiro atoms. The Morgan fingerprint density at radius 3 is 2.95 bits per heavy atom. The number of carbonyl (C=O) groups excluding carboxylic acids is 2. The summed E-state index contributed by atoms with van der Waals surface area (Å²) in [6.45, 7) is 2.37. The molecule has 0 aliphatic carbocycles. The maximum atomic E-state index is 12.6. The molecular formula is C14H15N3O3. The van der Waals surface area contributed by atoms with Crippen LogP contribution in [-0.2, 0) is 9.59 Å². The monoisotopic (exact) mass is 273 g/mol. The van der Waals surface area contributed by atoms with Crippen molar-refractivity contribution in [2.24, 2.45) is 5.10 Å². The largest absolute Gasteiger partial charge is 0.489 e. The highest BCUT2D eigenvalue weighted by Crippen LogP contribution is 2.33. The Kier molecular flexibility index (Phi) is 3.14. The molecule has 0 bridgehead atoms. The summed E-state index contributed by atoms with van der Waals surface area (Å²) in [6, 6.07) is 7.36. The minimum absolute atomic E-state index is 0.0715. The quantitative estimate of drug-likeness (QED) is 0.832. The second-order valence-electron chi connectivity index (χ2n) is 4.90. The minimum Gasteiger partial charge on any atom is -0.489 e. The third kappa shape index (κ3) is 2.13. The Labute approximate surface area is 116 Å². The number of benzene rings is 1. The third-order valence-corrected chi connectivity index (χ3v) is 3.42. The molecule has 0 fully saturated rings. The summed E-state index contributed by atoms with van der Waals surface area (Å²) in [4.78, 5) is 25.4. The Hall–Kier alpha value is -2.37. The van der Waals surface area contributed by atoms with E-state index in [1.54, 1.807) is 4.90 Å². The molecule has 20 heavy (non-hydrogen) atoms. The highest BCUT2D eigenvalue weighted by Gasteiger charge is 2.32. The van der Waals surface area contributed by atoms with E-state index in [0.717, 1.165) is 5.69 Å². The van der Waals surface area contributed by atoms with Crippen molar-refractivity contribution < 1.29 is 14.3 Å². The molecule has 2 heterocycles. The zero-order valence-electron chi connectivity index (χ0n) is 11.1. The molecule has 0 aromatic heterocycles. The van der Waals surface area contributed by atoms with Gasteiger partial charge in [-0.25, -0.2) is 5.43 Å². The molecule has 0 saturated carbocycles. The molecule has 6 heteroatoms. The number of hydrogen-bond acceptors (Lipinski definition) is 4. The molecule has 2 amide bonds. The van der Waals surface area contributed by atoms with E-state index < -0.39 is 0 Å². The van der Waals surface area contributed by atoms with Crippen molar-refractivity contribution in [1.29, 1.82) is 0 Å². The predicted octanol–water partition coefficient (Wildman–Crippen LogP) is 1.07. The van der Waals surface area contributed by atoms with Gasteiger partial charge in [-0.15, -0.1) is 0 Å². The van der Waals surface area contributed by atoms with Crippen molar-refractivity contribution in [2.45, 2.75) is 25.8 Å². The Morgan fingerprint density at radius 1 is 1.40 bits per heavy atom. The van der Waals surface area contributed by atoms with Gasteiger partial charge in [0.2, 0.25) is 5.91 Å². The number of rotatable bonds is 1. The number of fused-ring (bicyclic) bond motifs is 1. The van der Waals surface area contributed by atoms with Gasteiger partial charge in [-0.2, -0.15) is 5.10 Å². The van der Waals surface area contributed by atoms with Crippen LogP contribution in [0.1, 0.15) is 19.8 Å². The standard InChI is InChI=1S/C14H15N3O3/c1-9-8-20-12-5-3-2-4-11(12)17(9)14(19)10-6-7-13(18)16-15-10/h2-5,9H,6-8H2,1H3,(H,16,18). The van der Waals surface area contributed by atoms with Crippen molar-refractivity contribution in [2.75, 3.05) is 11.5 Å². The van der Waals surface area contributed by atoms with E-state index in [2.05, 4.69) is 10.5 Å². The third-order valence-electron chi connectivity index (χ3n) is 3.42. The van der Waals surface area contributed by atoms with Crippen LogP contribution in [0.25, 0.3) is 0 Å². The first-order valence-corrected chi connectivity index (χ1v) is 6.57. The average molecular weight is 273 g/mol. The van der Waals surface area contributed by atoms with Gasteiger partial charge in [0.05, 0.1) is 11.7 Å². The number of nitrogens with one attached hydrogen (secondary N) is 1. The molecule has 2 aliphatic heterocycles. The number of nitrogens with zero attached hydrogens (tertiary/aromatic N) is 2. The van der Waals surface area contributed by atoms with Crippen LogP contribution in [0.2, 0.25) is 0 Å².